The number of rotatable bonds is 5. The highest BCUT2D eigenvalue weighted by Crippen LogP contribution is 2.49. The second-order valence-electron chi connectivity index (χ2n) is 4.82. The molecule has 0 bridgehead atoms. The molecule has 1 aliphatic carbocycles. The van der Waals surface area contributed by atoms with Gasteiger partial charge in [-0.3, -0.25) is 4.79 Å². The molecule has 0 amide bonds. The summed E-state index contributed by atoms with van der Waals surface area (Å²) in [4.78, 5) is 11.2. The Morgan fingerprint density at radius 1 is 1.56 bits per heavy atom. The van der Waals surface area contributed by atoms with E-state index in [9.17, 15) is 4.79 Å². The second-order valence-corrected chi connectivity index (χ2v) is 5.23. The summed E-state index contributed by atoms with van der Waals surface area (Å²) in [6.45, 7) is 2.01. The van der Waals surface area contributed by atoms with Gasteiger partial charge in [-0.25, -0.2) is 0 Å². The first-order valence-electron chi connectivity index (χ1n) is 5.87. The largest absolute Gasteiger partial charge is 0.491 e. The third-order valence-electron chi connectivity index (χ3n) is 3.28. The standard InChI is InChI=1S/C14H14ClNO2/c1-10(17)11-2-3-13(12(15)8-11)18-9-14(4-5-14)6-7-16/h2-3,8H,4-6,9H2,1H3. The molecule has 0 spiro atoms. The predicted molar refractivity (Wildman–Crippen MR) is 68.8 cm³/mol. The zero-order valence-corrected chi connectivity index (χ0v) is 11.0. The van der Waals surface area contributed by atoms with Crippen molar-refractivity contribution in [2.24, 2.45) is 5.41 Å². The number of Topliss-reactive ketones (excluding diaryl/α,β-unsaturated/α-hetero) is 1. The van der Waals surface area contributed by atoms with E-state index in [1.54, 1.807) is 18.2 Å². The van der Waals surface area contributed by atoms with Crippen LogP contribution in [0, 0.1) is 16.7 Å². The van der Waals surface area contributed by atoms with Gasteiger partial charge in [0.05, 0.1) is 17.7 Å². The first kappa shape index (κ1) is 12.9. The highest BCUT2D eigenvalue weighted by atomic mass is 35.5. The van der Waals surface area contributed by atoms with Gasteiger partial charge in [-0.05, 0) is 38.0 Å². The third kappa shape index (κ3) is 2.83. The summed E-state index contributed by atoms with van der Waals surface area (Å²) >= 11 is 6.06. The van der Waals surface area contributed by atoms with Gasteiger partial charge in [0.25, 0.3) is 0 Å². The summed E-state index contributed by atoms with van der Waals surface area (Å²) in [7, 11) is 0. The Bertz CT molecular complexity index is 515. The molecule has 0 aliphatic heterocycles. The Kier molecular flexibility index (Phi) is 3.58. The molecular formula is C14H14ClNO2. The number of nitriles is 1. The maximum absolute atomic E-state index is 11.2. The lowest BCUT2D eigenvalue weighted by Gasteiger charge is -2.14. The number of nitrogens with zero attached hydrogens (tertiary/aromatic N) is 1. The lowest BCUT2D eigenvalue weighted by atomic mass is 10.1. The van der Waals surface area contributed by atoms with E-state index in [1.807, 2.05) is 0 Å². The fraction of sp³-hybridized carbons (Fsp3) is 0.429. The molecule has 0 atom stereocenters. The minimum atomic E-state index is -0.0217. The van der Waals surface area contributed by atoms with E-state index >= 15 is 0 Å². The summed E-state index contributed by atoms with van der Waals surface area (Å²) < 4.78 is 5.66. The maximum atomic E-state index is 11.2. The molecule has 0 aromatic heterocycles. The van der Waals surface area contributed by atoms with Crippen molar-refractivity contribution in [1.82, 2.24) is 0 Å². The molecule has 3 nitrogen and oxygen atoms in total. The molecule has 0 saturated heterocycles. The van der Waals surface area contributed by atoms with Gasteiger partial charge < -0.3 is 4.74 Å². The average Bonchev–Trinajstić information content (AvgIpc) is 3.08. The lowest BCUT2D eigenvalue weighted by Crippen LogP contribution is -2.12. The number of halogens is 1. The monoisotopic (exact) mass is 263 g/mol. The highest BCUT2D eigenvalue weighted by molar-refractivity contribution is 6.32. The molecule has 1 aromatic rings. The molecule has 18 heavy (non-hydrogen) atoms. The van der Waals surface area contributed by atoms with Gasteiger partial charge in [-0.15, -0.1) is 0 Å². The van der Waals surface area contributed by atoms with Gasteiger partial charge >= 0.3 is 0 Å². The van der Waals surface area contributed by atoms with Crippen LogP contribution in [0.25, 0.3) is 0 Å². The number of benzene rings is 1. The quantitative estimate of drug-likeness (QED) is 0.763. The maximum Gasteiger partial charge on any atom is 0.159 e. The summed E-state index contributed by atoms with van der Waals surface area (Å²) in [5.41, 5.74) is 0.600. The summed E-state index contributed by atoms with van der Waals surface area (Å²) in [5.74, 6) is 0.553. The van der Waals surface area contributed by atoms with Crippen LogP contribution in [0.2, 0.25) is 5.02 Å². The van der Waals surface area contributed by atoms with Crippen molar-refractivity contribution >= 4 is 17.4 Å². The van der Waals surface area contributed by atoms with Crippen LogP contribution in [-0.4, -0.2) is 12.4 Å². The predicted octanol–water partition coefficient (Wildman–Crippen LogP) is 3.62. The Morgan fingerprint density at radius 2 is 2.28 bits per heavy atom. The fourth-order valence-corrected chi connectivity index (χ4v) is 2.02. The number of carbonyl (C=O) groups excluding carboxylic acids is 1. The van der Waals surface area contributed by atoms with Crippen LogP contribution in [-0.2, 0) is 0 Å². The van der Waals surface area contributed by atoms with Crippen molar-refractivity contribution in [2.75, 3.05) is 6.61 Å². The second kappa shape index (κ2) is 4.99. The summed E-state index contributed by atoms with van der Waals surface area (Å²) in [6, 6.07) is 7.21. The first-order chi connectivity index (χ1) is 8.56. The molecule has 94 valence electrons. The van der Waals surface area contributed by atoms with Crippen molar-refractivity contribution < 1.29 is 9.53 Å². The van der Waals surface area contributed by atoms with Crippen LogP contribution in [0.5, 0.6) is 5.75 Å². The Morgan fingerprint density at radius 3 is 2.78 bits per heavy atom. The minimum absolute atomic E-state index is 0.0217. The van der Waals surface area contributed by atoms with Crippen molar-refractivity contribution in [1.29, 1.82) is 5.26 Å². The van der Waals surface area contributed by atoms with Gasteiger partial charge in [0, 0.05) is 17.4 Å². The zero-order valence-electron chi connectivity index (χ0n) is 10.2. The Labute approximate surface area is 111 Å². The zero-order chi connectivity index (χ0) is 13.2. The number of carbonyl (C=O) groups is 1. The van der Waals surface area contributed by atoms with Crippen LogP contribution in [0.1, 0.15) is 36.5 Å². The number of hydrogen-bond donors (Lipinski definition) is 0. The van der Waals surface area contributed by atoms with E-state index in [4.69, 9.17) is 21.6 Å². The van der Waals surface area contributed by atoms with E-state index in [0.717, 1.165) is 12.8 Å². The van der Waals surface area contributed by atoms with Crippen molar-refractivity contribution in [3.63, 3.8) is 0 Å². The average molecular weight is 264 g/mol. The van der Waals surface area contributed by atoms with Gasteiger partial charge in [0.1, 0.15) is 5.75 Å². The molecule has 0 N–H and O–H groups in total. The van der Waals surface area contributed by atoms with Gasteiger partial charge in [0.2, 0.25) is 0 Å². The van der Waals surface area contributed by atoms with Gasteiger partial charge in [-0.2, -0.15) is 5.26 Å². The van der Waals surface area contributed by atoms with Gasteiger partial charge in [0.15, 0.2) is 5.78 Å². The van der Waals surface area contributed by atoms with Crippen LogP contribution in [0.3, 0.4) is 0 Å². The van der Waals surface area contributed by atoms with Crippen molar-refractivity contribution in [3.8, 4) is 11.8 Å². The molecule has 1 fully saturated rings. The van der Waals surface area contributed by atoms with E-state index in [0.29, 0.717) is 29.4 Å². The molecule has 2 rings (SSSR count). The topological polar surface area (TPSA) is 50.1 Å². The Balaban J connectivity index is 2.02. The summed E-state index contributed by atoms with van der Waals surface area (Å²) in [6.07, 6.45) is 2.59. The van der Waals surface area contributed by atoms with Gasteiger partial charge in [-0.1, -0.05) is 11.6 Å². The number of hydrogen-bond acceptors (Lipinski definition) is 3. The van der Waals surface area contributed by atoms with Crippen molar-refractivity contribution in [2.45, 2.75) is 26.2 Å². The van der Waals surface area contributed by atoms with Crippen LogP contribution in [0.15, 0.2) is 18.2 Å². The first-order valence-corrected chi connectivity index (χ1v) is 6.24. The summed E-state index contributed by atoms with van der Waals surface area (Å²) in [5, 5.41) is 9.16. The molecule has 0 radical (unpaired) electrons. The third-order valence-corrected chi connectivity index (χ3v) is 3.58. The molecular weight excluding hydrogens is 250 g/mol. The van der Waals surface area contributed by atoms with Crippen LogP contribution in [0.4, 0.5) is 0 Å². The minimum Gasteiger partial charge on any atom is -0.491 e. The van der Waals surface area contributed by atoms with E-state index in [1.165, 1.54) is 6.92 Å². The van der Waals surface area contributed by atoms with E-state index in [2.05, 4.69) is 6.07 Å². The van der Waals surface area contributed by atoms with Crippen LogP contribution >= 0.6 is 11.6 Å². The highest BCUT2D eigenvalue weighted by Gasteiger charge is 2.43. The SMILES string of the molecule is CC(=O)c1ccc(OCC2(CC#N)CC2)c(Cl)c1. The smallest absolute Gasteiger partial charge is 0.159 e. The molecule has 0 heterocycles. The van der Waals surface area contributed by atoms with Crippen molar-refractivity contribution in [3.05, 3.63) is 28.8 Å². The fourth-order valence-electron chi connectivity index (χ4n) is 1.78. The van der Waals surface area contributed by atoms with E-state index < -0.39 is 0 Å². The van der Waals surface area contributed by atoms with Crippen LogP contribution < -0.4 is 4.74 Å². The molecule has 4 heteroatoms. The Hall–Kier alpha value is -1.53. The normalized spacial score (nSPS) is 15.8. The molecule has 1 saturated carbocycles. The molecule has 1 aliphatic rings. The number of ether oxygens (including phenoxy) is 1. The lowest BCUT2D eigenvalue weighted by molar-refractivity contribution is 0.101. The molecule has 1 aromatic carbocycles. The number of ketones is 1. The van der Waals surface area contributed by atoms with E-state index in [-0.39, 0.29) is 11.2 Å². The molecule has 0 unspecified atom stereocenters.